The Balaban J connectivity index is 2.21. The summed E-state index contributed by atoms with van der Waals surface area (Å²) in [7, 11) is 0. The second kappa shape index (κ2) is 8.29. The van der Waals surface area contributed by atoms with Crippen LogP contribution >= 0.6 is 0 Å². The van der Waals surface area contributed by atoms with Crippen molar-refractivity contribution in [2.75, 3.05) is 6.61 Å². The lowest BCUT2D eigenvalue weighted by Crippen LogP contribution is -2.39. The fourth-order valence-electron chi connectivity index (χ4n) is 2.34. The van der Waals surface area contributed by atoms with Crippen molar-refractivity contribution in [2.45, 2.75) is 32.5 Å². The number of carbonyl (C=O) groups excluding carboxylic acids is 1. The Morgan fingerprint density at radius 3 is 2.52 bits per heavy atom. The molecule has 2 unspecified atom stereocenters. The van der Waals surface area contributed by atoms with E-state index in [9.17, 15) is 9.59 Å². The highest BCUT2D eigenvalue weighted by Crippen LogP contribution is 2.15. The van der Waals surface area contributed by atoms with Crippen LogP contribution in [-0.4, -0.2) is 23.2 Å². The van der Waals surface area contributed by atoms with Gasteiger partial charge in [-0.1, -0.05) is 36.4 Å². The highest BCUT2D eigenvalue weighted by Gasteiger charge is 2.19. The molecular weight excluding hydrogens is 292 g/mol. The van der Waals surface area contributed by atoms with Crippen molar-refractivity contribution >= 4 is 5.91 Å². The number of aromatic nitrogens is 1. The summed E-state index contributed by atoms with van der Waals surface area (Å²) in [6, 6.07) is 14.3. The van der Waals surface area contributed by atoms with Gasteiger partial charge in [-0.3, -0.25) is 9.59 Å². The van der Waals surface area contributed by atoms with Crippen LogP contribution in [0, 0.1) is 0 Å². The van der Waals surface area contributed by atoms with E-state index in [2.05, 4.69) is 5.32 Å². The minimum atomic E-state index is -0.529. The van der Waals surface area contributed by atoms with Gasteiger partial charge in [0.2, 0.25) is 5.91 Å². The molecule has 23 heavy (non-hydrogen) atoms. The molecule has 2 atom stereocenters. The molecule has 0 radical (unpaired) electrons. The Bertz CT molecular complexity index is 682. The average molecular weight is 314 g/mol. The lowest BCUT2D eigenvalue weighted by atomic mass is 10.1. The third-order valence-corrected chi connectivity index (χ3v) is 3.58. The molecule has 2 aromatic rings. The van der Waals surface area contributed by atoms with Crippen molar-refractivity contribution in [3.8, 4) is 0 Å². The van der Waals surface area contributed by atoms with Crippen molar-refractivity contribution in [2.24, 2.45) is 0 Å². The van der Waals surface area contributed by atoms with Crippen LogP contribution in [0.3, 0.4) is 0 Å². The maximum absolute atomic E-state index is 12.3. The zero-order valence-electron chi connectivity index (χ0n) is 13.4. The molecule has 5 heteroatoms. The third-order valence-electron chi connectivity index (χ3n) is 3.58. The Morgan fingerprint density at radius 1 is 1.17 bits per heavy atom. The van der Waals surface area contributed by atoms with Crippen LogP contribution in [0.25, 0.3) is 0 Å². The third kappa shape index (κ3) is 4.79. The summed E-state index contributed by atoms with van der Waals surface area (Å²) in [5, 5.41) is 2.97. The van der Waals surface area contributed by atoms with Gasteiger partial charge in [0, 0.05) is 18.9 Å². The maximum Gasteiger partial charge on any atom is 0.250 e. The molecule has 0 saturated carbocycles. The number of nitrogens with one attached hydrogen (secondary N) is 1. The summed E-state index contributed by atoms with van der Waals surface area (Å²) in [6.45, 7) is 4.41. The smallest absolute Gasteiger partial charge is 0.250 e. The largest absolute Gasteiger partial charge is 0.369 e. The molecule has 0 saturated heterocycles. The molecule has 0 aliphatic rings. The van der Waals surface area contributed by atoms with Gasteiger partial charge in [0.1, 0.15) is 6.10 Å². The summed E-state index contributed by atoms with van der Waals surface area (Å²) in [6.07, 6.45) is 1.19. The van der Waals surface area contributed by atoms with E-state index in [1.165, 1.54) is 6.07 Å². The topological polar surface area (TPSA) is 60.3 Å². The van der Waals surface area contributed by atoms with Crippen LogP contribution in [0.15, 0.2) is 59.5 Å². The molecule has 2 rings (SSSR count). The van der Waals surface area contributed by atoms with Crippen molar-refractivity contribution in [3.05, 3.63) is 70.6 Å². The van der Waals surface area contributed by atoms with Gasteiger partial charge < -0.3 is 14.6 Å². The zero-order chi connectivity index (χ0) is 16.7. The van der Waals surface area contributed by atoms with E-state index in [1.54, 1.807) is 29.8 Å². The van der Waals surface area contributed by atoms with E-state index in [-0.39, 0.29) is 17.5 Å². The quantitative estimate of drug-likeness (QED) is 0.851. The number of nitrogens with zero attached hydrogens (tertiary/aromatic N) is 1. The number of hydrogen-bond donors (Lipinski definition) is 1. The molecule has 1 aromatic heterocycles. The van der Waals surface area contributed by atoms with Crippen molar-refractivity contribution in [1.29, 1.82) is 0 Å². The van der Waals surface area contributed by atoms with Crippen LogP contribution in [0.5, 0.6) is 0 Å². The molecule has 0 aliphatic heterocycles. The lowest BCUT2D eigenvalue weighted by Gasteiger charge is -2.22. The van der Waals surface area contributed by atoms with E-state index in [1.807, 2.05) is 37.3 Å². The minimum Gasteiger partial charge on any atom is -0.369 e. The van der Waals surface area contributed by atoms with Gasteiger partial charge in [0.15, 0.2) is 0 Å². The van der Waals surface area contributed by atoms with E-state index >= 15 is 0 Å². The molecule has 0 fully saturated rings. The van der Waals surface area contributed by atoms with Crippen molar-refractivity contribution < 1.29 is 9.53 Å². The van der Waals surface area contributed by atoms with Gasteiger partial charge in [-0.15, -0.1) is 0 Å². The fourth-order valence-corrected chi connectivity index (χ4v) is 2.34. The first-order valence-corrected chi connectivity index (χ1v) is 7.74. The van der Waals surface area contributed by atoms with Gasteiger partial charge in [-0.25, -0.2) is 0 Å². The van der Waals surface area contributed by atoms with Crippen LogP contribution in [0.2, 0.25) is 0 Å². The van der Waals surface area contributed by atoms with Gasteiger partial charge in [-0.05, 0) is 25.5 Å². The SMILES string of the molecule is CCOC(C)C(=O)NC(Cn1ccccc1=O)c1ccccc1. The minimum absolute atomic E-state index is 0.0967. The number of carbonyl (C=O) groups is 1. The molecule has 0 aliphatic carbocycles. The average Bonchev–Trinajstić information content (AvgIpc) is 2.57. The molecule has 5 nitrogen and oxygen atoms in total. The molecule has 0 bridgehead atoms. The van der Waals surface area contributed by atoms with Gasteiger partial charge >= 0.3 is 0 Å². The number of benzene rings is 1. The van der Waals surface area contributed by atoms with Crippen LogP contribution in [-0.2, 0) is 16.1 Å². The Morgan fingerprint density at radius 2 is 1.87 bits per heavy atom. The fraction of sp³-hybridized carbons (Fsp3) is 0.333. The zero-order valence-corrected chi connectivity index (χ0v) is 13.4. The number of amides is 1. The Kier molecular flexibility index (Phi) is 6.11. The predicted molar refractivity (Wildman–Crippen MR) is 89.1 cm³/mol. The first-order chi connectivity index (χ1) is 11.1. The van der Waals surface area contributed by atoms with E-state index < -0.39 is 6.10 Å². The molecule has 1 N–H and O–H groups in total. The molecule has 0 spiro atoms. The summed E-state index contributed by atoms with van der Waals surface area (Å²) in [5.74, 6) is -0.190. The van der Waals surface area contributed by atoms with Crippen molar-refractivity contribution in [3.63, 3.8) is 0 Å². The molecule has 1 heterocycles. The highest BCUT2D eigenvalue weighted by atomic mass is 16.5. The normalized spacial score (nSPS) is 13.3. The number of rotatable bonds is 7. The number of hydrogen-bond acceptors (Lipinski definition) is 3. The molecule has 1 amide bonds. The molecule has 1 aromatic carbocycles. The van der Waals surface area contributed by atoms with E-state index in [0.717, 1.165) is 5.56 Å². The van der Waals surface area contributed by atoms with E-state index in [4.69, 9.17) is 4.74 Å². The summed E-state index contributed by atoms with van der Waals surface area (Å²) in [5.41, 5.74) is 0.848. The van der Waals surface area contributed by atoms with Crippen LogP contribution in [0.1, 0.15) is 25.5 Å². The molecular formula is C18H22N2O3. The second-order valence-corrected chi connectivity index (χ2v) is 5.26. The second-order valence-electron chi connectivity index (χ2n) is 5.26. The summed E-state index contributed by atoms with van der Waals surface area (Å²) >= 11 is 0. The Hall–Kier alpha value is -2.40. The monoisotopic (exact) mass is 314 g/mol. The predicted octanol–water partition coefficient (Wildman–Crippen LogP) is 2.13. The standard InChI is InChI=1S/C18H22N2O3/c1-3-23-14(2)18(22)19-16(15-9-5-4-6-10-15)13-20-12-8-7-11-17(20)21/h4-12,14,16H,3,13H2,1-2H3,(H,19,22). The summed E-state index contributed by atoms with van der Waals surface area (Å²) < 4.78 is 6.92. The van der Waals surface area contributed by atoms with Gasteiger partial charge in [0.05, 0.1) is 12.6 Å². The summed E-state index contributed by atoms with van der Waals surface area (Å²) in [4.78, 5) is 24.2. The van der Waals surface area contributed by atoms with Gasteiger partial charge in [-0.2, -0.15) is 0 Å². The van der Waals surface area contributed by atoms with Crippen molar-refractivity contribution in [1.82, 2.24) is 9.88 Å². The highest BCUT2D eigenvalue weighted by molar-refractivity contribution is 5.80. The van der Waals surface area contributed by atoms with Gasteiger partial charge in [0.25, 0.3) is 5.56 Å². The number of pyridine rings is 1. The van der Waals surface area contributed by atoms with Crippen LogP contribution in [0.4, 0.5) is 0 Å². The molecule has 122 valence electrons. The number of ether oxygens (including phenoxy) is 1. The maximum atomic E-state index is 12.3. The first-order valence-electron chi connectivity index (χ1n) is 7.74. The van der Waals surface area contributed by atoms with E-state index in [0.29, 0.717) is 13.2 Å². The van der Waals surface area contributed by atoms with Crippen LogP contribution < -0.4 is 10.9 Å². The Labute approximate surface area is 135 Å². The first kappa shape index (κ1) is 17.0. The lowest BCUT2D eigenvalue weighted by molar-refractivity contribution is -0.132.